The molecule has 30 heavy (non-hydrogen) atoms. The average molecular weight is 403 g/mol. The lowest BCUT2D eigenvalue weighted by molar-refractivity contribution is 0.0694. The van der Waals surface area contributed by atoms with Crippen LogP contribution in [0.15, 0.2) is 36.5 Å². The molecule has 0 saturated heterocycles. The largest absolute Gasteiger partial charge is 0.497 e. The summed E-state index contributed by atoms with van der Waals surface area (Å²) in [5, 5.41) is 9.94. The lowest BCUT2D eigenvalue weighted by Gasteiger charge is -2.38. The maximum atomic E-state index is 12.1. The fourth-order valence-corrected chi connectivity index (χ4v) is 4.72. The average Bonchev–Trinajstić information content (AvgIpc) is 3.10. The minimum atomic E-state index is -0.877. The molecular weight excluding hydrogens is 378 g/mol. The van der Waals surface area contributed by atoms with Gasteiger partial charge in [0.25, 0.3) is 0 Å². The molecule has 2 aromatic heterocycles. The Morgan fingerprint density at radius 1 is 1.27 bits per heavy atom. The molecule has 5 rings (SSSR count). The van der Waals surface area contributed by atoms with E-state index >= 15 is 0 Å². The molecule has 0 amide bonds. The Balaban J connectivity index is 1.59. The number of aromatic carboxylic acids is 1. The molecule has 0 spiro atoms. The highest BCUT2D eigenvalue weighted by molar-refractivity contribution is 5.95. The third-order valence-electron chi connectivity index (χ3n) is 6.56. The predicted octanol–water partition coefficient (Wildman–Crippen LogP) is 3.97. The summed E-state index contributed by atoms with van der Waals surface area (Å²) in [4.78, 5) is 20.2. The third kappa shape index (κ3) is 3.08. The summed E-state index contributed by atoms with van der Waals surface area (Å²) in [6, 6.07) is 9.85. The third-order valence-corrected chi connectivity index (χ3v) is 6.56. The second-order valence-electron chi connectivity index (χ2n) is 8.49. The number of ether oxygens (including phenoxy) is 1. The maximum Gasteiger partial charge on any atom is 0.337 e. The number of nitrogens with zero attached hydrogens (tertiary/aromatic N) is 1. The van der Waals surface area contributed by atoms with E-state index in [2.05, 4.69) is 16.0 Å². The summed E-state index contributed by atoms with van der Waals surface area (Å²) in [5.41, 5.74) is 13.1. The predicted molar refractivity (Wildman–Crippen MR) is 115 cm³/mol. The number of pyridine rings is 1. The van der Waals surface area contributed by atoms with Gasteiger partial charge < -0.3 is 20.6 Å². The molecule has 1 aromatic carbocycles. The minimum Gasteiger partial charge on any atom is -0.497 e. The molecule has 2 aliphatic carbocycles. The summed E-state index contributed by atoms with van der Waals surface area (Å²) in [6.45, 7) is 0. The lowest BCUT2D eigenvalue weighted by atomic mass is 9.74. The van der Waals surface area contributed by atoms with Crippen molar-refractivity contribution in [1.29, 1.82) is 0 Å². The van der Waals surface area contributed by atoms with Crippen molar-refractivity contribution in [1.82, 2.24) is 9.97 Å². The molecule has 4 N–H and O–H groups in total. The monoisotopic (exact) mass is 403 g/mol. The summed E-state index contributed by atoms with van der Waals surface area (Å²) in [7, 11) is 1.64. The molecule has 0 aliphatic heterocycles. The van der Waals surface area contributed by atoms with Crippen molar-refractivity contribution < 1.29 is 14.6 Å². The van der Waals surface area contributed by atoms with Crippen LogP contribution in [0.1, 0.15) is 46.4 Å². The first-order valence-electron chi connectivity index (χ1n) is 10.4. The molecule has 0 unspecified atom stereocenters. The van der Waals surface area contributed by atoms with Crippen LogP contribution in [0.2, 0.25) is 0 Å². The van der Waals surface area contributed by atoms with Crippen LogP contribution in [-0.4, -0.2) is 33.7 Å². The number of aromatic amines is 1. The number of fused-ring (bicyclic) bond motifs is 3. The van der Waals surface area contributed by atoms with Crippen LogP contribution in [0.3, 0.4) is 0 Å². The molecule has 6 heteroatoms. The highest BCUT2D eigenvalue weighted by Gasteiger charge is 2.36. The van der Waals surface area contributed by atoms with Gasteiger partial charge in [-0.25, -0.2) is 4.79 Å². The number of carbonyl (C=O) groups is 1. The van der Waals surface area contributed by atoms with Crippen molar-refractivity contribution in [2.24, 2.45) is 5.73 Å². The zero-order valence-corrected chi connectivity index (χ0v) is 17.0. The van der Waals surface area contributed by atoms with Crippen LogP contribution in [0.5, 0.6) is 5.75 Å². The van der Waals surface area contributed by atoms with E-state index in [-0.39, 0.29) is 5.54 Å². The molecule has 2 heterocycles. The van der Waals surface area contributed by atoms with Gasteiger partial charge in [0.05, 0.1) is 24.1 Å². The number of hydrogen-bond donors (Lipinski definition) is 3. The number of nitrogens with two attached hydrogens (primary N) is 1. The molecule has 3 aromatic rings. The number of nitrogens with one attached hydrogen (secondary N) is 1. The van der Waals surface area contributed by atoms with E-state index in [1.54, 1.807) is 7.11 Å². The Morgan fingerprint density at radius 3 is 2.67 bits per heavy atom. The van der Waals surface area contributed by atoms with Crippen molar-refractivity contribution in [3.05, 3.63) is 58.9 Å². The number of carboxylic acids is 1. The molecule has 0 bridgehead atoms. The number of aryl methyl sites for hydroxylation is 1. The lowest BCUT2D eigenvalue weighted by Crippen LogP contribution is -2.48. The number of methoxy groups -OCH3 is 1. The van der Waals surface area contributed by atoms with Crippen molar-refractivity contribution in [3.63, 3.8) is 0 Å². The van der Waals surface area contributed by atoms with Crippen LogP contribution in [-0.2, 0) is 19.3 Å². The standard InChI is InChI=1S/C24H25N3O3/c1-30-16-6-3-14(4-7-16)19-11-18-15(13-26-19)5-8-17-21(23(28)29)20(27-22(17)18)12-24(25)9-2-10-24/h3-4,6-7,11,13,27H,2,5,8-10,12,25H2,1H3,(H,28,29). The van der Waals surface area contributed by atoms with E-state index in [9.17, 15) is 9.90 Å². The molecule has 1 saturated carbocycles. The van der Waals surface area contributed by atoms with E-state index < -0.39 is 5.97 Å². The minimum absolute atomic E-state index is 0.285. The van der Waals surface area contributed by atoms with Gasteiger partial charge in [-0.3, -0.25) is 4.98 Å². The molecule has 154 valence electrons. The molecule has 6 nitrogen and oxygen atoms in total. The molecule has 2 aliphatic rings. The molecule has 0 radical (unpaired) electrons. The van der Waals surface area contributed by atoms with Gasteiger partial charge in [-0.1, -0.05) is 0 Å². The Labute approximate surface area is 175 Å². The van der Waals surface area contributed by atoms with Crippen LogP contribution in [0, 0.1) is 0 Å². The second kappa shape index (κ2) is 6.99. The van der Waals surface area contributed by atoms with E-state index in [1.165, 1.54) is 0 Å². The zero-order chi connectivity index (χ0) is 20.9. The Hall–Kier alpha value is -3.12. The number of aromatic nitrogens is 2. The quantitative estimate of drug-likeness (QED) is 0.598. The molecule has 1 fully saturated rings. The Kier molecular flexibility index (Phi) is 4.40. The van der Waals surface area contributed by atoms with Crippen molar-refractivity contribution in [2.45, 2.75) is 44.1 Å². The van der Waals surface area contributed by atoms with Gasteiger partial charge in [0.2, 0.25) is 0 Å². The topological polar surface area (TPSA) is 101 Å². The first-order chi connectivity index (χ1) is 14.5. The highest BCUT2D eigenvalue weighted by Crippen LogP contribution is 2.40. The number of hydrogen-bond acceptors (Lipinski definition) is 4. The number of rotatable bonds is 5. The van der Waals surface area contributed by atoms with Crippen molar-refractivity contribution in [2.75, 3.05) is 7.11 Å². The van der Waals surface area contributed by atoms with Gasteiger partial charge >= 0.3 is 5.97 Å². The Bertz CT molecular complexity index is 1130. The zero-order valence-electron chi connectivity index (χ0n) is 17.0. The van der Waals surface area contributed by atoms with Crippen LogP contribution < -0.4 is 10.5 Å². The van der Waals surface area contributed by atoms with Gasteiger partial charge in [-0.15, -0.1) is 0 Å². The Morgan fingerprint density at radius 2 is 2.03 bits per heavy atom. The van der Waals surface area contributed by atoms with Crippen LogP contribution in [0.25, 0.3) is 22.5 Å². The number of benzene rings is 1. The smallest absolute Gasteiger partial charge is 0.337 e. The number of carboxylic acid groups (broad SMARTS) is 1. The van der Waals surface area contributed by atoms with E-state index in [1.807, 2.05) is 30.5 Å². The van der Waals surface area contributed by atoms with Crippen LogP contribution >= 0.6 is 0 Å². The van der Waals surface area contributed by atoms with E-state index in [0.29, 0.717) is 18.4 Å². The van der Waals surface area contributed by atoms with Crippen LogP contribution in [0.4, 0.5) is 0 Å². The summed E-state index contributed by atoms with van der Waals surface area (Å²) in [6.07, 6.45) is 6.96. The highest BCUT2D eigenvalue weighted by atomic mass is 16.5. The maximum absolute atomic E-state index is 12.1. The summed E-state index contributed by atoms with van der Waals surface area (Å²) in [5.74, 6) is -0.0795. The van der Waals surface area contributed by atoms with Gasteiger partial charge in [-0.2, -0.15) is 0 Å². The fourth-order valence-electron chi connectivity index (χ4n) is 4.72. The van der Waals surface area contributed by atoms with Crippen molar-refractivity contribution >= 4 is 5.97 Å². The second-order valence-corrected chi connectivity index (χ2v) is 8.49. The van der Waals surface area contributed by atoms with Gasteiger partial charge in [0, 0.05) is 35.0 Å². The normalized spacial score (nSPS) is 16.3. The van der Waals surface area contributed by atoms with E-state index in [0.717, 1.165) is 70.8 Å². The first-order valence-corrected chi connectivity index (χ1v) is 10.4. The summed E-state index contributed by atoms with van der Waals surface area (Å²) < 4.78 is 5.24. The number of H-pyrrole nitrogens is 1. The van der Waals surface area contributed by atoms with Gasteiger partial charge in [0.15, 0.2) is 0 Å². The SMILES string of the molecule is COc1ccc(-c2cc3c(cn2)CCc2c-3[nH]c(CC3(N)CCC3)c2C(=O)O)cc1. The first kappa shape index (κ1) is 18.9. The van der Waals surface area contributed by atoms with Crippen molar-refractivity contribution in [3.8, 4) is 28.3 Å². The molecule has 0 atom stereocenters. The fraction of sp³-hybridized carbons (Fsp3) is 0.333. The van der Waals surface area contributed by atoms with E-state index in [4.69, 9.17) is 10.5 Å². The summed E-state index contributed by atoms with van der Waals surface area (Å²) >= 11 is 0. The molecular formula is C24H25N3O3. The van der Waals surface area contributed by atoms with Gasteiger partial charge in [0.1, 0.15) is 5.75 Å². The van der Waals surface area contributed by atoms with Gasteiger partial charge in [-0.05, 0) is 73.6 Å².